The first kappa shape index (κ1) is 18.0. The minimum absolute atomic E-state index is 0.108. The maximum atomic E-state index is 12.2. The molecule has 0 fully saturated rings. The number of hydrogen-bond donors (Lipinski definition) is 2. The molecule has 0 atom stereocenters. The van der Waals surface area contributed by atoms with E-state index in [1.165, 1.54) is 11.3 Å². The number of anilines is 2. The van der Waals surface area contributed by atoms with Crippen molar-refractivity contribution in [2.75, 3.05) is 17.7 Å². The van der Waals surface area contributed by atoms with Crippen LogP contribution in [0.2, 0.25) is 5.02 Å². The number of nitrogen functional groups attached to an aromatic ring is 1. The highest BCUT2D eigenvalue weighted by atomic mass is 79.9. The average molecular weight is 441 g/mol. The maximum absolute atomic E-state index is 12.2. The topological polar surface area (TPSA) is 77.2 Å². The Balaban J connectivity index is 1.71. The van der Waals surface area contributed by atoms with Gasteiger partial charge in [0, 0.05) is 5.69 Å². The quantitative estimate of drug-likeness (QED) is 0.603. The Kier molecular flexibility index (Phi) is 5.17. The molecule has 0 spiro atoms. The van der Waals surface area contributed by atoms with Crippen LogP contribution in [0.4, 0.5) is 10.8 Å². The van der Waals surface area contributed by atoms with Gasteiger partial charge in [0.05, 0.1) is 14.2 Å². The maximum Gasteiger partial charge on any atom is 0.262 e. The number of thiazole rings is 1. The van der Waals surface area contributed by atoms with E-state index in [9.17, 15) is 4.79 Å². The van der Waals surface area contributed by atoms with Gasteiger partial charge in [0.15, 0.2) is 11.7 Å². The summed E-state index contributed by atoms with van der Waals surface area (Å²) in [5, 5.41) is 3.66. The fourth-order valence-corrected chi connectivity index (χ4v) is 4.40. The summed E-state index contributed by atoms with van der Waals surface area (Å²) in [7, 11) is 0. The van der Waals surface area contributed by atoms with Crippen molar-refractivity contribution in [2.45, 2.75) is 13.8 Å². The number of carbonyl (C=O) groups is 1. The first-order valence-electron chi connectivity index (χ1n) is 7.38. The lowest BCUT2D eigenvalue weighted by Crippen LogP contribution is -2.20. The van der Waals surface area contributed by atoms with Crippen molar-refractivity contribution in [3.05, 3.63) is 44.9 Å². The molecule has 0 aliphatic carbocycles. The van der Waals surface area contributed by atoms with E-state index in [4.69, 9.17) is 22.1 Å². The van der Waals surface area contributed by atoms with Crippen molar-refractivity contribution in [3.8, 4) is 5.75 Å². The van der Waals surface area contributed by atoms with Gasteiger partial charge >= 0.3 is 0 Å². The Labute approximate surface area is 162 Å². The van der Waals surface area contributed by atoms with Gasteiger partial charge < -0.3 is 15.8 Å². The average Bonchev–Trinajstić information content (AvgIpc) is 2.87. The molecule has 0 radical (unpaired) electrons. The standard InChI is InChI=1S/C17H15BrClN3O2S/c1-8-3-9(2)16(11(18)4-8)24-7-14(23)21-10-5-12(19)15-13(6-10)25-17(20)22-15/h3-6H,7H2,1-2H3,(H2,20,22)(H,21,23). The van der Waals surface area contributed by atoms with Gasteiger partial charge in [0.1, 0.15) is 11.3 Å². The van der Waals surface area contributed by atoms with E-state index in [-0.39, 0.29) is 12.5 Å². The first-order valence-corrected chi connectivity index (χ1v) is 9.37. The van der Waals surface area contributed by atoms with E-state index in [1.807, 2.05) is 26.0 Å². The predicted molar refractivity (Wildman–Crippen MR) is 107 cm³/mol. The summed E-state index contributed by atoms with van der Waals surface area (Å²) in [6, 6.07) is 7.39. The lowest BCUT2D eigenvalue weighted by molar-refractivity contribution is -0.118. The molecular weight excluding hydrogens is 426 g/mol. The highest BCUT2D eigenvalue weighted by Gasteiger charge is 2.12. The van der Waals surface area contributed by atoms with Crippen LogP contribution in [0.5, 0.6) is 5.75 Å². The minimum Gasteiger partial charge on any atom is -0.482 e. The molecule has 8 heteroatoms. The Bertz CT molecular complexity index is 951. The largest absolute Gasteiger partial charge is 0.482 e. The summed E-state index contributed by atoms with van der Waals surface area (Å²) in [6.07, 6.45) is 0. The van der Waals surface area contributed by atoms with Crippen LogP contribution in [0.15, 0.2) is 28.7 Å². The molecule has 1 heterocycles. The second kappa shape index (κ2) is 7.19. The number of nitrogens with zero attached hydrogens (tertiary/aromatic N) is 1. The number of nitrogens with two attached hydrogens (primary N) is 1. The van der Waals surface area contributed by atoms with Crippen molar-refractivity contribution < 1.29 is 9.53 Å². The molecule has 0 saturated heterocycles. The number of amides is 1. The zero-order valence-corrected chi connectivity index (χ0v) is 16.7. The van der Waals surface area contributed by atoms with Crippen LogP contribution < -0.4 is 15.8 Å². The molecule has 0 unspecified atom stereocenters. The molecule has 5 nitrogen and oxygen atoms in total. The van der Waals surface area contributed by atoms with Crippen LogP contribution in [0.25, 0.3) is 10.2 Å². The normalized spacial score (nSPS) is 10.9. The molecule has 0 bridgehead atoms. The molecule has 3 aromatic rings. The first-order chi connectivity index (χ1) is 11.8. The summed E-state index contributed by atoms with van der Waals surface area (Å²) in [5.74, 6) is 0.379. The number of fused-ring (bicyclic) bond motifs is 1. The number of benzene rings is 2. The lowest BCUT2D eigenvalue weighted by atomic mass is 10.1. The molecule has 1 amide bonds. The molecular formula is C17H15BrClN3O2S. The van der Waals surface area contributed by atoms with Gasteiger partial charge in [-0.3, -0.25) is 4.79 Å². The fourth-order valence-electron chi connectivity index (χ4n) is 2.50. The van der Waals surface area contributed by atoms with Crippen molar-refractivity contribution >= 4 is 65.8 Å². The molecule has 25 heavy (non-hydrogen) atoms. The number of ether oxygens (including phenoxy) is 1. The van der Waals surface area contributed by atoms with Gasteiger partial charge in [-0.05, 0) is 59.1 Å². The van der Waals surface area contributed by atoms with Crippen LogP contribution in [-0.2, 0) is 4.79 Å². The monoisotopic (exact) mass is 439 g/mol. The minimum atomic E-state index is -0.278. The molecule has 0 aliphatic rings. The van der Waals surface area contributed by atoms with Gasteiger partial charge in [-0.25, -0.2) is 4.98 Å². The SMILES string of the molecule is Cc1cc(C)c(OCC(=O)Nc2cc(Cl)c3nc(N)sc3c2)c(Br)c1. The van der Waals surface area contributed by atoms with Crippen molar-refractivity contribution in [3.63, 3.8) is 0 Å². The molecule has 0 saturated carbocycles. The fraction of sp³-hybridized carbons (Fsp3) is 0.176. The van der Waals surface area contributed by atoms with Gasteiger partial charge in [0.2, 0.25) is 0 Å². The van der Waals surface area contributed by atoms with Gasteiger partial charge in [-0.15, -0.1) is 0 Å². The summed E-state index contributed by atoms with van der Waals surface area (Å²) in [4.78, 5) is 16.4. The summed E-state index contributed by atoms with van der Waals surface area (Å²) in [5.41, 5.74) is 8.99. The molecule has 1 aromatic heterocycles. The van der Waals surface area contributed by atoms with Crippen molar-refractivity contribution in [1.82, 2.24) is 4.98 Å². The van der Waals surface area contributed by atoms with Crippen LogP contribution >= 0.6 is 38.9 Å². The van der Waals surface area contributed by atoms with E-state index < -0.39 is 0 Å². The molecule has 3 rings (SSSR count). The van der Waals surface area contributed by atoms with Gasteiger partial charge in [-0.1, -0.05) is 29.0 Å². The summed E-state index contributed by atoms with van der Waals surface area (Å²) < 4.78 is 7.30. The second-order valence-corrected chi connectivity index (χ2v) is 7.91. The zero-order chi connectivity index (χ0) is 18.1. The van der Waals surface area contributed by atoms with Crippen molar-refractivity contribution in [1.29, 1.82) is 0 Å². The number of nitrogens with one attached hydrogen (secondary N) is 1. The number of aryl methyl sites for hydroxylation is 2. The molecule has 0 aliphatic heterocycles. The molecule has 2 aromatic carbocycles. The van der Waals surface area contributed by atoms with Crippen LogP contribution in [-0.4, -0.2) is 17.5 Å². The van der Waals surface area contributed by atoms with E-state index in [1.54, 1.807) is 12.1 Å². The van der Waals surface area contributed by atoms with Gasteiger partial charge in [0.25, 0.3) is 5.91 Å². The van der Waals surface area contributed by atoms with E-state index >= 15 is 0 Å². The smallest absolute Gasteiger partial charge is 0.262 e. The number of aromatic nitrogens is 1. The highest BCUT2D eigenvalue weighted by Crippen LogP contribution is 2.33. The summed E-state index contributed by atoms with van der Waals surface area (Å²) in [6.45, 7) is 3.83. The van der Waals surface area contributed by atoms with Crippen LogP contribution in [0.3, 0.4) is 0 Å². The van der Waals surface area contributed by atoms with Gasteiger partial charge in [-0.2, -0.15) is 0 Å². The number of halogens is 2. The number of hydrogen-bond acceptors (Lipinski definition) is 5. The third-order valence-electron chi connectivity index (χ3n) is 3.47. The lowest BCUT2D eigenvalue weighted by Gasteiger charge is -2.12. The molecule has 130 valence electrons. The zero-order valence-electron chi connectivity index (χ0n) is 13.5. The predicted octanol–water partition coefficient (Wildman–Crippen LogP) is 4.93. The van der Waals surface area contributed by atoms with E-state index in [0.29, 0.717) is 27.1 Å². The number of rotatable bonds is 4. The van der Waals surface area contributed by atoms with Crippen molar-refractivity contribution in [2.24, 2.45) is 0 Å². The van der Waals surface area contributed by atoms with Crippen LogP contribution in [0, 0.1) is 13.8 Å². The Morgan fingerprint density at radius 2 is 2.12 bits per heavy atom. The third kappa shape index (κ3) is 4.05. The van der Waals surface area contributed by atoms with E-state index in [0.717, 1.165) is 20.3 Å². The van der Waals surface area contributed by atoms with E-state index in [2.05, 4.69) is 26.2 Å². The second-order valence-electron chi connectivity index (χ2n) is 5.59. The Hall–Kier alpha value is -1.83. The third-order valence-corrected chi connectivity index (χ3v) is 5.18. The Morgan fingerprint density at radius 3 is 2.84 bits per heavy atom. The number of carbonyl (C=O) groups excluding carboxylic acids is 1. The molecule has 3 N–H and O–H groups in total. The Morgan fingerprint density at radius 1 is 1.36 bits per heavy atom. The van der Waals surface area contributed by atoms with Crippen LogP contribution in [0.1, 0.15) is 11.1 Å². The highest BCUT2D eigenvalue weighted by molar-refractivity contribution is 9.10. The summed E-state index contributed by atoms with van der Waals surface area (Å²) >= 11 is 11.0.